The third-order valence-electron chi connectivity index (χ3n) is 3.55. The van der Waals surface area contributed by atoms with Crippen LogP contribution in [-0.2, 0) is 19.2 Å². The quantitative estimate of drug-likeness (QED) is 0.321. The lowest BCUT2D eigenvalue weighted by molar-refractivity contribution is -0.159. The summed E-state index contributed by atoms with van der Waals surface area (Å²) in [6.07, 6.45) is 2.55. The Morgan fingerprint density at radius 3 is 2.00 bits per heavy atom. The number of carbonyl (C=O) groups is 2. The Kier molecular flexibility index (Phi) is 6.23. The number of rotatable bonds is 2. The molecule has 0 aromatic rings. The number of carboxylic acids is 2. The summed E-state index contributed by atoms with van der Waals surface area (Å²) in [5, 5.41) is 18.7. The second-order valence-corrected chi connectivity index (χ2v) is 4.67. The third kappa shape index (κ3) is 4.37. The lowest BCUT2D eigenvalue weighted by Gasteiger charge is -2.44. The highest BCUT2D eigenvalue weighted by atomic mass is 16.6. The maximum absolute atomic E-state index is 9.10. The molecule has 3 aliphatic rings. The molecule has 0 aromatic heterocycles. The fourth-order valence-electron chi connectivity index (χ4n) is 2.59. The smallest absolute Gasteiger partial charge is 0.414 e. The first-order valence-corrected chi connectivity index (χ1v) is 6.33. The Labute approximate surface area is 116 Å². The molecule has 1 unspecified atom stereocenters. The highest BCUT2D eigenvalue weighted by molar-refractivity contribution is 6.27. The van der Waals surface area contributed by atoms with E-state index in [0.717, 1.165) is 18.4 Å². The zero-order chi connectivity index (χ0) is 15.1. The molecule has 0 spiro atoms. The van der Waals surface area contributed by atoms with Gasteiger partial charge in [-0.25, -0.2) is 9.59 Å². The van der Waals surface area contributed by atoms with Crippen molar-refractivity contribution >= 4 is 17.8 Å². The number of methoxy groups -OCH3 is 1. The summed E-state index contributed by atoms with van der Waals surface area (Å²) in [5.41, 5.74) is 0. The number of nitrogens with zero attached hydrogens (tertiary/aromatic N) is 2. The zero-order valence-corrected chi connectivity index (χ0v) is 11.6. The number of oxime groups is 1. The van der Waals surface area contributed by atoms with Gasteiger partial charge in [-0.05, 0) is 31.8 Å². The highest BCUT2D eigenvalue weighted by Crippen LogP contribution is 2.33. The van der Waals surface area contributed by atoms with Gasteiger partial charge < -0.3 is 24.7 Å². The number of piperidine rings is 3. The number of ether oxygens (including phenoxy) is 1. The molecular formula is C12H20N2O6. The summed E-state index contributed by atoms with van der Waals surface area (Å²) in [5.74, 6) is -1.69. The molecule has 0 aliphatic carbocycles. The van der Waals surface area contributed by atoms with Crippen LogP contribution < -0.4 is 0 Å². The molecule has 2 N–H and O–H groups in total. The minimum atomic E-state index is -1.82. The number of aliphatic carboxylic acids is 2. The Balaban J connectivity index is 0.000000286. The van der Waals surface area contributed by atoms with E-state index in [1.807, 2.05) is 0 Å². The van der Waals surface area contributed by atoms with Gasteiger partial charge in [0.05, 0.1) is 13.0 Å². The van der Waals surface area contributed by atoms with E-state index in [9.17, 15) is 0 Å². The van der Waals surface area contributed by atoms with E-state index in [-0.39, 0.29) is 0 Å². The molecular weight excluding hydrogens is 268 g/mol. The lowest BCUT2D eigenvalue weighted by atomic mass is 9.79. The molecule has 114 valence electrons. The molecule has 8 nitrogen and oxygen atoms in total. The van der Waals surface area contributed by atoms with E-state index in [4.69, 9.17) is 29.4 Å². The van der Waals surface area contributed by atoms with Gasteiger partial charge in [-0.15, -0.1) is 0 Å². The van der Waals surface area contributed by atoms with Crippen molar-refractivity contribution in [3.05, 3.63) is 0 Å². The van der Waals surface area contributed by atoms with Gasteiger partial charge >= 0.3 is 11.9 Å². The summed E-state index contributed by atoms with van der Waals surface area (Å²) < 4.78 is 5.28. The third-order valence-corrected chi connectivity index (χ3v) is 3.55. The molecule has 1 atom stereocenters. The molecule has 2 bridgehead atoms. The van der Waals surface area contributed by atoms with Crippen molar-refractivity contribution in [2.75, 3.05) is 33.9 Å². The molecule has 3 heterocycles. The normalized spacial score (nSPS) is 28.1. The Bertz CT molecular complexity index is 364. The van der Waals surface area contributed by atoms with Crippen molar-refractivity contribution < 1.29 is 29.4 Å². The van der Waals surface area contributed by atoms with Gasteiger partial charge in [0.25, 0.3) is 0 Å². The van der Waals surface area contributed by atoms with Crippen molar-refractivity contribution in [3.63, 3.8) is 0 Å². The molecule has 0 amide bonds. The molecule has 3 aliphatic heterocycles. The van der Waals surface area contributed by atoms with Crippen LogP contribution in [0.3, 0.4) is 0 Å². The minimum absolute atomic E-state index is 0.447. The molecule has 0 saturated carbocycles. The van der Waals surface area contributed by atoms with Gasteiger partial charge in [0.15, 0.2) is 0 Å². The van der Waals surface area contributed by atoms with E-state index in [1.165, 1.54) is 25.9 Å². The first-order valence-electron chi connectivity index (χ1n) is 6.33. The van der Waals surface area contributed by atoms with Crippen LogP contribution >= 0.6 is 0 Å². The van der Waals surface area contributed by atoms with E-state index in [1.54, 1.807) is 14.2 Å². The first-order chi connectivity index (χ1) is 9.49. The fourth-order valence-corrected chi connectivity index (χ4v) is 2.59. The van der Waals surface area contributed by atoms with Gasteiger partial charge in [0, 0.05) is 6.54 Å². The van der Waals surface area contributed by atoms with Crippen LogP contribution in [0.15, 0.2) is 5.16 Å². The Hall–Kier alpha value is -1.83. The van der Waals surface area contributed by atoms with E-state index in [2.05, 4.69) is 10.1 Å². The molecule has 20 heavy (non-hydrogen) atoms. The summed E-state index contributed by atoms with van der Waals surface area (Å²) in [6, 6.07) is 0. The van der Waals surface area contributed by atoms with Crippen molar-refractivity contribution in [1.82, 2.24) is 4.90 Å². The Morgan fingerprint density at radius 1 is 1.15 bits per heavy atom. The highest BCUT2D eigenvalue weighted by Gasteiger charge is 2.38. The Morgan fingerprint density at radius 2 is 1.70 bits per heavy atom. The molecule has 0 radical (unpaired) electrons. The second kappa shape index (κ2) is 7.68. The zero-order valence-electron chi connectivity index (χ0n) is 11.6. The van der Waals surface area contributed by atoms with Gasteiger partial charge in [0.2, 0.25) is 5.90 Å². The lowest BCUT2D eigenvalue weighted by Crippen LogP contribution is -2.50. The van der Waals surface area contributed by atoms with Crippen molar-refractivity contribution in [3.8, 4) is 0 Å². The number of fused-ring (bicyclic) bond motifs is 3. The maximum atomic E-state index is 9.10. The van der Waals surface area contributed by atoms with Crippen LogP contribution in [0.2, 0.25) is 0 Å². The summed E-state index contributed by atoms with van der Waals surface area (Å²) >= 11 is 0. The van der Waals surface area contributed by atoms with Crippen LogP contribution in [0.1, 0.15) is 12.8 Å². The largest absolute Gasteiger partial charge is 0.482 e. The molecule has 3 rings (SSSR count). The fraction of sp³-hybridized carbons (Fsp3) is 0.750. The van der Waals surface area contributed by atoms with Crippen LogP contribution in [-0.4, -0.2) is 66.8 Å². The van der Waals surface area contributed by atoms with E-state index in [0.29, 0.717) is 5.92 Å². The number of carboxylic acid groups (broad SMARTS) is 2. The SMILES string of the molecule is CON=C(OC)C1CN2CCC1CC2.O=C(O)C(=O)O. The van der Waals surface area contributed by atoms with Crippen molar-refractivity contribution in [1.29, 1.82) is 0 Å². The minimum Gasteiger partial charge on any atom is -0.482 e. The second-order valence-electron chi connectivity index (χ2n) is 4.67. The van der Waals surface area contributed by atoms with Gasteiger partial charge in [-0.2, -0.15) is 0 Å². The van der Waals surface area contributed by atoms with E-state index < -0.39 is 11.9 Å². The predicted octanol–water partition coefficient (Wildman–Crippen LogP) is 0.0901. The summed E-state index contributed by atoms with van der Waals surface area (Å²) in [4.78, 5) is 25.5. The standard InChI is InChI=1S/C10H18N2O2.C2H2O4/c1-13-10(11-14-2)9-7-12-5-3-8(9)4-6-12;3-1(4)2(5)6/h8-9H,3-7H2,1-2H3;(H,3,4)(H,5,6). The predicted molar refractivity (Wildman–Crippen MR) is 69.4 cm³/mol. The average molecular weight is 288 g/mol. The number of hydrogen-bond donors (Lipinski definition) is 2. The van der Waals surface area contributed by atoms with Gasteiger partial charge in [0.1, 0.15) is 7.11 Å². The maximum Gasteiger partial charge on any atom is 0.414 e. The molecule has 3 saturated heterocycles. The van der Waals surface area contributed by atoms with Gasteiger partial charge in [-0.1, -0.05) is 5.16 Å². The van der Waals surface area contributed by atoms with Crippen LogP contribution in [0.25, 0.3) is 0 Å². The topological polar surface area (TPSA) is 109 Å². The molecule has 8 heteroatoms. The van der Waals surface area contributed by atoms with Gasteiger partial charge in [-0.3, -0.25) is 0 Å². The van der Waals surface area contributed by atoms with Crippen molar-refractivity contribution in [2.45, 2.75) is 12.8 Å². The average Bonchev–Trinajstić information content (AvgIpc) is 2.46. The van der Waals surface area contributed by atoms with Crippen LogP contribution in [0.4, 0.5) is 0 Å². The number of hydrogen-bond acceptors (Lipinski definition) is 6. The monoisotopic (exact) mass is 288 g/mol. The van der Waals surface area contributed by atoms with Crippen molar-refractivity contribution in [2.24, 2.45) is 17.0 Å². The summed E-state index contributed by atoms with van der Waals surface area (Å²) in [7, 11) is 3.25. The molecule has 0 aromatic carbocycles. The first kappa shape index (κ1) is 16.2. The van der Waals surface area contributed by atoms with Crippen LogP contribution in [0, 0.1) is 11.8 Å². The molecule has 3 fully saturated rings. The van der Waals surface area contributed by atoms with Crippen LogP contribution in [0.5, 0.6) is 0 Å². The summed E-state index contributed by atoms with van der Waals surface area (Å²) in [6.45, 7) is 3.57. The van der Waals surface area contributed by atoms with E-state index >= 15 is 0 Å².